The van der Waals surface area contributed by atoms with Gasteiger partial charge in [-0.3, -0.25) is 0 Å². The van der Waals surface area contributed by atoms with Gasteiger partial charge in [0, 0.05) is 17.6 Å². The number of hydrogen-bond acceptors (Lipinski definition) is 3. The highest BCUT2D eigenvalue weighted by Gasteiger charge is 2.33. The average Bonchev–Trinajstić information content (AvgIpc) is 2.48. The van der Waals surface area contributed by atoms with Crippen LogP contribution in [0.15, 0.2) is 23.1 Å². The third-order valence-electron chi connectivity index (χ3n) is 4.11. The van der Waals surface area contributed by atoms with Crippen molar-refractivity contribution in [2.45, 2.75) is 50.0 Å². The molecule has 0 unspecified atom stereocenters. The lowest BCUT2D eigenvalue weighted by Gasteiger charge is -2.33. The number of sulfonamides is 1. The first-order chi connectivity index (χ1) is 9.98. The van der Waals surface area contributed by atoms with Gasteiger partial charge < -0.3 is 5.11 Å². The van der Waals surface area contributed by atoms with E-state index in [0.717, 1.165) is 32.1 Å². The van der Waals surface area contributed by atoms with Gasteiger partial charge in [0.2, 0.25) is 10.0 Å². The zero-order chi connectivity index (χ0) is 15.5. The lowest BCUT2D eigenvalue weighted by atomic mass is 9.95. The molecule has 21 heavy (non-hydrogen) atoms. The van der Waals surface area contributed by atoms with Gasteiger partial charge in [-0.2, -0.15) is 4.31 Å². The van der Waals surface area contributed by atoms with Crippen LogP contribution in [0.2, 0.25) is 5.02 Å². The first kappa shape index (κ1) is 16.7. The Morgan fingerprint density at radius 2 is 1.95 bits per heavy atom. The minimum absolute atomic E-state index is 0.0192. The molecule has 0 amide bonds. The first-order valence-corrected chi connectivity index (χ1v) is 9.18. The fraction of sp³-hybridized carbons (Fsp3) is 0.600. The second-order valence-electron chi connectivity index (χ2n) is 5.49. The Morgan fingerprint density at radius 3 is 2.57 bits per heavy atom. The molecule has 0 saturated heterocycles. The molecule has 0 atom stereocenters. The van der Waals surface area contributed by atoms with Gasteiger partial charge >= 0.3 is 0 Å². The monoisotopic (exact) mass is 331 g/mol. The molecule has 0 spiro atoms. The third kappa shape index (κ3) is 3.59. The van der Waals surface area contributed by atoms with Gasteiger partial charge in [-0.05, 0) is 37.5 Å². The Labute approximate surface area is 131 Å². The van der Waals surface area contributed by atoms with Gasteiger partial charge in [0.25, 0.3) is 0 Å². The quantitative estimate of drug-likeness (QED) is 0.902. The van der Waals surface area contributed by atoms with Crippen LogP contribution in [0, 0.1) is 6.92 Å². The SMILES string of the molecule is Cc1c(Cl)cccc1S(=O)(=O)N(CCO)C1CCCCC1. The number of nitrogens with zero attached hydrogens (tertiary/aromatic N) is 1. The molecular weight excluding hydrogens is 310 g/mol. The molecular formula is C15H22ClNO3S. The van der Waals surface area contributed by atoms with Crippen LogP contribution in [0.4, 0.5) is 0 Å². The molecule has 0 aliphatic heterocycles. The van der Waals surface area contributed by atoms with Crippen LogP contribution < -0.4 is 0 Å². The summed E-state index contributed by atoms with van der Waals surface area (Å²) in [5, 5.41) is 9.72. The Bertz CT molecular complexity index is 583. The van der Waals surface area contributed by atoms with E-state index in [0.29, 0.717) is 10.6 Å². The van der Waals surface area contributed by atoms with Crippen molar-refractivity contribution in [2.75, 3.05) is 13.2 Å². The first-order valence-electron chi connectivity index (χ1n) is 7.36. The Balaban J connectivity index is 2.39. The third-order valence-corrected chi connectivity index (χ3v) is 6.61. The van der Waals surface area contributed by atoms with Crippen molar-refractivity contribution < 1.29 is 13.5 Å². The predicted octanol–water partition coefficient (Wildman–Crippen LogP) is 2.96. The summed E-state index contributed by atoms with van der Waals surface area (Å²) in [7, 11) is -3.63. The fourth-order valence-corrected chi connectivity index (χ4v) is 5.12. The van der Waals surface area contributed by atoms with Gasteiger partial charge in [0.05, 0.1) is 11.5 Å². The molecule has 0 heterocycles. The van der Waals surface area contributed by atoms with Crippen LogP contribution in [-0.4, -0.2) is 37.0 Å². The molecule has 1 N–H and O–H groups in total. The molecule has 1 aliphatic rings. The maximum absolute atomic E-state index is 13.0. The predicted molar refractivity (Wildman–Crippen MR) is 84.0 cm³/mol. The fourth-order valence-electron chi connectivity index (χ4n) is 2.96. The maximum atomic E-state index is 13.0. The van der Waals surface area contributed by atoms with Crippen molar-refractivity contribution in [3.63, 3.8) is 0 Å². The lowest BCUT2D eigenvalue weighted by molar-refractivity contribution is 0.199. The minimum atomic E-state index is -3.63. The minimum Gasteiger partial charge on any atom is -0.395 e. The maximum Gasteiger partial charge on any atom is 0.243 e. The molecule has 1 aromatic rings. The second kappa shape index (κ2) is 7.09. The van der Waals surface area contributed by atoms with E-state index in [1.165, 1.54) is 4.31 Å². The Hall–Kier alpha value is -0.620. The van der Waals surface area contributed by atoms with Crippen molar-refractivity contribution in [1.82, 2.24) is 4.31 Å². The molecule has 1 aliphatic carbocycles. The number of rotatable bonds is 5. The van der Waals surface area contributed by atoms with E-state index in [-0.39, 0.29) is 24.1 Å². The van der Waals surface area contributed by atoms with Crippen molar-refractivity contribution in [3.8, 4) is 0 Å². The largest absolute Gasteiger partial charge is 0.395 e. The average molecular weight is 332 g/mol. The molecule has 1 aromatic carbocycles. The summed E-state index contributed by atoms with van der Waals surface area (Å²) >= 11 is 6.06. The van der Waals surface area contributed by atoms with E-state index in [4.69, 9.17) is 11.6 Å². The van der Waals surface area contributed by atoms with Crippen LogP contribution >= 0.6 is 11.6 Å². The molecule has 0 aromatic heterocycles. The molecule has 1 saturated carbocycles. The normalized spacial score (nSPS) is 17.3. The topological polar surface area (TPSA) is 57.6 Å². The Kier molecular flexibility index (Phi) is 5.66. The van der Waals surface area contributed by atoms with Gasteiger partial charge in [-0.25, -0.2) is 8.42 Å². The number of aliphatic hydroxyl groups is 1. The number of halogens is 1. The number of hydrogen-bond donors (Lipinski definition) is 1. The zero-order valence-electron chi connectivity index (χ0n) is 12.3. The molecule has 2 rings (SSSR count). The van der Waals surface area contributed by atoms with Crippen LogP contribution in [0.3, 0.4) is 0 Å². The highest BCUT2D eigenvalue weighted by molar-refractivity contribution is 7.89. The van der Waals surface area contributed by atoms with Crippen molar-refractivity contribution >= 4 is 21.6 Å². The molecule has 6 heteroatoms. The molecule has 0 radical (unpaired) electrons. The highest BCUT2D eigenvalue weighted by Crippen LogP contribution is 2.30. The van der Waals surface area contributed by atoms with E-state index >= 15 is 0 Å². The summed E-state index contributed by atoms with van der Waals surface area (Å²) in [6.45, 7) is 1.68. The van der Waals surface area contributed by atoms with Crippen LogP contribution in [-0.2, 0) is 10.0 Å². The van der Waals surface area contributed by atoms with E-state index < -0.39 is 10.0 Å². The van der Waals surface area contributed by atoms with Gasteiger partial charge in [-0.1, -0.05) is 36.9 Å². The van der Waals surface area contributed by atoms with Crippen LogP contribution in [0.5, 0.6) is 0 Å². The summed E-state index contributed by atoms with van der Waals surface area (Å²) in [4.78, 5) is 0.244. The van der Waals surface area contributed by atoms with Gasteiger partial charge in [-0.15, -0.1) is 0 Å². The lowest BCUT2D eigenvalue weighted by Crippen LogP contribution is -2.43. The molecule has 4 nitrogen and oxygen atoms in total. The highest BCUT2D eigenvalue weighted by atomic mass is 35.5. The summed E-state index contributed by atoms with van der Waals surface area (Å²) in [5.74, 6) is 0. The molecule has 118 valence electrons. The number of benzene rings is 1. The van der Waals surface area contributed by atoms with Crippen LogP contribution in [0.25, 0.3) is 0 Å². The van der Waals surface area contributed by atoms with Crippen molar-refractivity contribution in [2.24, 2.45) is 0 Å². The standard InChI is InChI=1S/C15H22ClNO3S/c1-12-14(16)8-5-9-15(12)21(19,20)17(10-11-18)13-6-3-2-4-7-13/h5,8-9,13,18H,2-4,6-7,10-11H2,1H3. The van der Waals surface area contributed by atoms with Crippen molar-refractivity contribution in [1.29, 1.82) is 0 Å². The van der Waals surface area contributed by atoms with E-state index in [1.54, 1.807) is 25.1 Å². The summed E-state index contributed by atoms with van der Waals surface area (Å²) in [5.41, 5.74) is 0.568. The summed E-state index contributed by atoms with van der Waals surface area (Å²) in [6.07, 6.45) is 4.95. The van der Waals surface area contributed by atoms with Gasteiger partial charge in [0.15, 0.2) is 0 Å². The summed E-state index contributed by atoms with van der Waals surface area (Å²) in [6, 6.07) is 4.91. The van der Waals surface area contributed by atoms with E-state index in [1.807, 2.05) is 0 Å². The van der Waals surface area contributed by atoms with Crippen LogP contribution in [0.1, 0.15) is 37.7 Å². The molecule has 0 bridgehead atoms. The Morgan fingerprint density at radius 1 is 1.29 bits per heavy atom. The van der Waals surface area contributed by atoms with E-state index in [9.17, 15) is 13.5 Å². The smallest absolute Gasteiger partial charge is 0.243 e. The zero-order valence-corrected chi connectivity index (χ0v) is 13.8. The second-order valence-corrected chi connectivity index (χ2v) is 7.76. The number of aliphatic hydroxyl groups excluding tert-OH is 1. The van der Waals surface area contributed by atoms with E-state index in [2.05, 4.69) is 0 Å². The van der Waals surface area contributed by atoms with Crippen molar-refractivity contribution in [3.05, 3.63) is 28.8 Å². The van der Waals surface area contributed by atoms with Gasteiger partial charge in [0.1, 0.15) is 0 Å². The summed E-state index contributed by atoms with van der Waals surface area (Å²) < 4.78 is 27.4. The molecule has 1 fully saturated rings.